The molecule has 0 fully saturated rings. The lowest BCUT2D eigenvalue weighted by Gasteiger charge is -2.23. The van der Waals surface area contributed by atoms with Crippen LogP contribution in [0.4, 0.5) is 0 Å². The molecule has 0 radical (unpaired) electrons. The molecular formula is C23H17N5. The molecule has 2 N–H and O–H groups in total. The SMILES string of the molecule is N#Cc1cc2c(ccc3[nH]c(-c4ccc5[nH]ncc5c4)c4c(c32)CCCC4)n1. The fraction of sp³-hybridized carbons (Fsp3) is 0.174. The van der Waals surface area contributed by atoms with Crippen LogP contribution >= 0.6 is 0 Å². The van der Waals surface area contributed by atoms with E-state index in [1.54, 1.807) is 0 Å². The number of nitrogens with one attached hydrogen (secondary N) is 2. The Labute approximate surface area is 161 Å². The molecular weight excluding hydrogens is 346 g/mol. The van der Waals surface area contributed by atoms with Gasteiger partial charge in [-0.3, -0.25) is 5.10 Å². The van der Waals surface area contributed by atoms with Gasteiger partial charge in [0.25, 0.3) is 0 Å². The van der Waals surface area contributed by atoms with Gasteiger partial charge in [-0.2, -0.15) is 10.4 Å². The number of nitrogens with zero attached hydrogens (tertiary/aromatic N) is 3. The van der Waals surface area contributed by atoms with Crippen molar-refractivity contribution >= 4 is 32.7 Å². The van der Waals surface area contributed by atoms with Gasteiger partial charge in [-0.25, -0.2) is 4.98 Å². The minimum Gasteiger partial charge on any atom is -0.354 e. The number of H-pyrrole nitrogens is 2. The van der Waals surface area contributed by atoms with Crippen LogP contribution in [0, 0.1) is 11.3 Å². The summed E-state index contributed by atoms with van der Waals surface area (Å²) in [6, 6.07) is 14.7. The standard InChI is InChI=1S/C23H17N5/c24-11-15-10-18-20(26-15)7-8-21-22(18)16-3-1-2-4-17(16)23(27-21)13-5-6-19-14(9-13)12-25-28-19/h5-10,12,27H,1-4H2,(H,25,28). The van der Waals surface area contributed by atoms with Gasteiger partial charge in [0.1, 0.15) is 11.8 Å². The number of pyridine rings is 1. The van der Waals surface area contributed by atoms with E-state index in [0.29, 0.717) is 5.69 Å². The normalized spacial score (nSPS) is 13.8. The fourth-order valence-electron chi connectivity index (χ4n) is 4.65. The van der Waals surface area contributed by atoms with E-state index >= 15 is 0 Å². The number of nitriles is 1. The first kappa shape index (κ1) is 15.4. The zero-order chi connectivity index (χ0) is 18.7. The van der Waals surface area contributed by atoms with Gasteiger partial charge < -0.3 is 4.98 Å². The average molecular weight is 363 g/mol. The molecule has 1 aliphatic rings. The number of aromatic amines is 2. The first-order valence-electron chi connectivity index (χ1n) is 9.62. The zero-order valence-electron chi connectivity index (χ0n) is 15.2. The summed E-state index contributed by atoms with van der Waals surface area (Å²) in [7, 11) is 0. The molecule has 28 heavy (non-hydrogen) atoms. The van der Waals surface area contributed by atoms with Crippen molar-refractivity contribution in [3.05, 3.63) is 59.4 Å². The fourth-order valence-corrected chi connectivity index (χ4v) is 4.65. The first-order chi connectivity index (χ1) is 13.8. The molecule has 0 unspecified atom stereocenters. The van der Waals surface area contributed by atoms with Crippen LogP contribution in [0.3, 0.4) is 0 Å². The molecule has 1 aliphatic carbocycles. The molecule has 3 aromatic heterocycles. The molecule has 3 heterocycles. The van der Waals surface area contributed by atoms with Crippen molar-refractivity contribution in [2.45, 2.75) is 25.7 Å². The summed E-state index contributed by atoms with van der Waals surface area (Å²) in [5, 5.41) is 19.9. The second-order valence-corrected chi connectivity index (χ2v) is 7.51. The second kappa shape index (κ2) is 5.67. The Morgan fingerprint density at radius 2 is 1.82 bits per heavy atom. The van der Waals surface area contributed by atoms with Gasteiger partial charge in [0.2, 0.25) is 0 Å². The number of rotatable bonds is 1. The quantitative estimate of drug-likeness (QED) is 0.439. The average Bonchev–Trinajstić information content (AvgIpc) is 3.38. The Hall–Kier alpha value is -3.65. The summed E-state index contributed by atoms with van der Waals surface area (Å²) in [6.07, 6.45) is 6.40. The maximum absolute atomic E-state index is 9.28. The second-order valence-electron chi connectivity index (χ2n) is 7.51. The van der Waals surface area contributed by atoms with Gasteiger partial charge in [0.05, 0.1) is 17.2 Å². The third-order valence-electron chi connectivity index (χ3n) is 5.92. The summed E-state index contributed by atoms with van der Waals surface area (Å²) in [4.78, 5) is 8.16. The maximum Gasteiger partial charge on any atom is 0.141 e. The van der Waals surface area contributed by atoms with Crippen molar-refractivity contribution in [3.63, 3.8) is 0 Å². The lowest BCUT2D eigenvalue weighted by atomic mass is 9.85. The van der Waals surface area contributed by atoms with Crippen LogP contribution in [0.1, 0.15) is 29.7 Å². The Morgan fingerprint density at radius 1 is 0.964 bits per heavy atom. The number of hydrogen-bond acceptors (Lipinski definition) is 3. The van der Waals surface area contributed by atoms with Crippen LogP contribution in [0.2, 0.25) is 0 Å². The highest BCUT2D eigenvalue weighted by atomic mass is 15.1. The summed E-state index contributed by atoms with van der Waals surface area (Å²) < 4.78 is 0. The van der Waals surface area contributed by atoms with E-state index < -0.39 is 0 Å². The van der Waals surface area contributed by atoms with Gasteiger partial charge in [-0.15, -0.1) is 0 Å². The van der Waals surface area contributed by atoms with Gasteiger partial charge in [-0.05, 0) is 72.7 Å². The van der Waals surface area contributed by atoms with E-state index in [1.807, 2.05) is 18.3 Å². The molecule has 6 rings (SSSR count). The molecule has 5 aromatic rings. The number of aromatic nitrogens is 4. The number of aryl methyl sites for hydroxylation is 1. The van der Waals surface area contributed by atoms with E-state index in [9.17, 15) is 5.26 Å². The molecule has 0 atom stereocenters. The van der Waals surface area contributed by atoms with Gasteiger partial charge in [0, 0.05) is 27.4 Å². The van der Waals surface area contributed by atoms with Crippen molar-refractivity contribution in [1.82, 2.24) is 20.2 Å². The van der Waals surface area contributed by atoms with Gasteiger partial charge >= 0.3 is 0 Å². The highest BCUT2D eigenvalue weighted by Gasteiger charge is 2.21. The molecule has 0 amide bonds. The lowest BCUT2D eigenvalue weighted by Crippen LogP contribution is -2.07. The molecule has 0 spiro atoms. The summed E-state index contributed by atoms with van der Waals surface area (Å²) in [5.74, 6) is 0. The van der Waals surface area contributed by atoms with Crippen LogP contribution < -0.4 is 0 Å². The number of hydrogen-bond donors (Lipinski definition) is 2. The number of fused-ring (bicyclic) bond motifs is 6. The maximum atomic E-state index is 9.28. The third-order valence-corrected chi connectivity index (χ3v) is 5.92. The minimum absolute atomic E-state index is 0.488. The number of benzene rings is 2. The van der Waals surface area contributed by atoms with E-state index in [1.165, 1.54) is 40.6 Å². The Kier molecular flexibility index (Phi) is 3.12. The molecule has 0 aliphatic heterocycles. The van der Waals surface area contributed by atoms with Crippen LogP contribution in [0.15, 0.2) is 42.6 Å². The van der Waals surface area contributed by atoms with E-state index in [0.717, 1.165) is 40.2 Å². The van der Waals surface area contributed by atoms with Gasteiger partial charge in [-0.1, -0.05) is 6.07 Å². The Balaban J connectivity index is 1.70. The monoisotopic (exact) mass is 363 g/mol. The predicted octanol–water partition coefficient (Wildman–Crippen LogP) is 5.01. The molecule has 0 saturated heterocycles. The molecule has 0 saturated carbocycles. The summed E-state index contributed by atoms with van der Waals surface area (Å²) in [5.41, 5.74) is 8.73. The molecule has 2 aromatic carbocycles. The van der Waals surface area contributed by atoms with Crippen molar-refractivity contribution < 1.29 is 0 Å². The van der Waals surface area contributed by atoms with Crippen molar-refractivity contribution in [2.75, 3.05) is 0 Å². The van der Waals surface area contributed by atoms with Crippen LogP contribution in [0.5, 0.6) is 0 Å². The molecule has 134 valence electrons. The first-order valence-corrected chi connectivity index (χ1v) is 9.62. The minimum atomic E-state index is 0.488. The zero-order valence-corrected chi connectivity index (χ0v) is 15.2. The Morgan fingerprint density at radius 3 is 2.71 bits per heavy atom. The topological polar surface area (TPSA) is 81.1 Å². The van der Waals surface area contributed by atoms with E-state index in [2.05, 4.69) is 50.5 Å². The van der Waals surface area contributed by atoms with E-state index in [4.69, 9.17) is 0 Å². The van der Waals surface area contributed by atoms with Crippen molar-refractivity contribution in [2.24, 2.45) is 0 Å². The van der Waals surface area contributed by atoms with Crippen LogP contribution in [-0.2, 0) is 12.8 Å². The highest BCUT2D eigenvalue weighted by Crippen LogP contribution is 2.38. The third kappa shape index (κ3) is 2.12. The highest BCUT2D eigenvalue weighted by molar-refractivity contribution is 6.09. The van der Waals surface area contributed by atoms with Crippen molar-refractivity contribution in [1.29, 1.82) is 5.26 Å². The van der Waals surface area contributed by atoms with E-state index in [-0.39, 0.29) is 0 Å². The predicted molar refractivity (Wildman–Crippen MR) is 110 cm³/mol. The molecule has 5 nitrogen and oxygen atoms in total. The lowest BCUT2D eigenvalue weighted by molar-refractivity contribution is 0.689. The summed E-state index contributed by atoms with van der Waals surface area (Å²) in [6.45, 7) is 0. The molecule has 0 bridgehead atoms. The van der Waals surface area contributed by atoms with Crippen LogP contribution in [0.25, 0.3) is 44.0 Å². The Bertz CT molecular complexity index is 1430. The smallest absolute Gasteiger partial charge is 0.141 e. The van der Waals surface area contributed by atoms with Crippen molar-refractivity contribution in [3.8, 4) is 17.3 Å². The molecule has 5 heteroatoms. The summed E-state index contributed by atoms with van der Waals surface area (Å²) >= 11 is 0. The van der Waals surface area contributed by atoms with Crippen LogP contribution in [-0.4, -0.2) is 20.2 Å². The largest absolute Gasteiger partial charge is 0.354 e. The van der Waals surface area contributed by atoms with Gasteiger partial charge in [0.15, 0.2) is 0 Å².